The van der Waals surface area contributed by atoms with E-state index in [1.54, 1.807) is 0 Å². The van der Waals surface area contributed by atoms with Crippen LogP contribution in [0.15, 0.2) is 24.3 Å². The minimum absolute atomic E-state index is 0.390. The van der Waals surface area contributed by atoms with Gasteiger partial charge in [-0.3, -0.25) is 0 Å². The van der Waals surface area contributed by atoms with Crippen LogP contribution in [0.25, 0.3) is 0 Å². The average molecular weight is 277 g/mol. The Morgan fingerprint density at radius 2 is 1.95 bits per heavy atom. The van der Waals surface area contributed by atoms with E-state index in [1.165, 1.54) is 36.8 Å². The van der Waals surface area contributed by atoms with Gasteiger partial charge in [-0.1, -0.05) is 24.3 Å². The van der Waals surface area contributed by atoms with Crippen molar-refractivity contribution in [2.75, 3.05) is 12.9 Å². The lowest BCUT2D eigenvalue weighted by Crippen LogP contribution is -2.39. The summed E-state index contributed by atoms with van der Waals surface area (Å²) in [7, 11) is 0. The molecular weight excluding hydrogens is 254 g/mol. The first-order chi connectivity index (χ1) is 9.36. The maximum absolute atomic E-state index is 5.73. The molecule has 1 N–H and O–H groups in total. The first kappa shape index (κ1) is 13.5. The smallest absolute Gasteiger partial charge is 0.0721 e. The van der Waals surface area contributed by atoms with Gasteiger partial charge in [-0.15, -0.1) is 0 Å². The Bertz CT molecular complexity index is 415. The highest BCUT2D eigenvalue weighted by atomic mass is 32.2. The number of nitrogens with one attached hydrogen (secondary N) is 1. The summed E-state index contributed by atoms with van der Waals surface area (Å²) in [5, 5.41) is 4.71. The van der Waals surface area contributed by atoms with E-state index in [2.05, 4.69) is 35.8 Å². The highest BCUT2D eigenvalue weighted by Crippen LogP contribution is 2.30. The van der Waals surface area contributed by atoms with Gasteiger partial charge >= 0.3 is 0 Å². The SMILES string of the molecule is CSC1CCC(NC2COCc3ccccc32)CC1. The van der Waals surface area contributed by atoms with E-state index in [1.807, 2.05) is 11.8 Å². The van der Waals surface area contributed by atoms with E-state index in [9.17, 15) is 0 Å². The fourth-order valence-electron chi connectivity index (χ4n) is 3.27. The number of fused-ring (bicyclic) bond motifs is 1. The van der Waals surface area contributed by atoms with E-state index in [0.29, 0.717) is 12.1 Å². The summed E-state index contributed by atoms with van der Waals surface area (Å²) in [5.74, 6) is 0. The normalized spacial score (nSPS) is 30.9. The fourth-order valence-corrected chi connectivity index (χ4v) is 4.01. The molecule has 0 bridgehead atoms. The van der Waals surface area contributed by atoms with Crippen molar-refractivity contribution in [3.05, 3.63) is 35.4 Å². The Kier molecular flexibility index (Phi) is 4.46. The number of hydrogen-bond acceptors (Lipinski definition) is 3. The predicted octanol–water partition coefficient (Wildman–Crippen LogP) is 3.52. The highest BCUT2D eigenvalue weighted by molar-refractivity contribution is 7.99. The van der Waals surface area contributed by atoms with Gasteiger partial charge in [-0.05, 0) is 43.1 Å². The van der Waals surface area contributed by atoms with Crippen molar-refractivity contribution in [2.45, 2.75) is 49.6 Å². The molecule has 0 radical (unpaired) electrons. The van der Waals surface area contributed by atoms with Gasteiger partial charge in [0.05, 0.1) is 19.3 Å². The topological polar surface area (TPSA) is 21.3 Å². The zero-order valence-corrected chi connectivity index (χ0v) is 12.4. The molecule has 1 atom stereocenters. The maximum atomic E-state index is 5.73. The summed E-state index contributed by atoms with van der Waals surface area (Å²) in [6.07, 6.45) is 7.57. The van der Waals surface area contributed by atoms with E-state index in [0.717, 1.165) is 18.5 Å². The largest absolute Gasteiger partial charge is 0.375 e. The van der Waals surface area contributed by atoms with Crippen molar-refractivity contribution in [3.63, 3.8) is 0 Å². The Morgan fingerprint density at radius 1 is 1.16 bits per heavy atom. The summed E-state index contributed by atoms with van der Waals surface area (Å²) in [6, 6.07) is 9.75. The van der Waals surface area contributed by atoms with Gasteiger partial charge in [-0.25, -0.2) is 0 Å². The van der Waals surface area contributed by atoms with Crippen LogP contribution in [0, 0.1) is 0 Å². The minimum Gasteiger partial charge on any atom is -0.375 e. The van der Waals surface area contributed by atoms with E-state index >= 15 is 0 Å². The van der Waals surface area contributed by atoms with Crippen molar-refractivity contribution in [3.8, 4) is 0 Å². The van der Waals surface area contributed by atoms with Crippen molar-refractivity contribution in [1.29, 1.82) is 0 Å². The second-order valence-electron chi connectivity index (χ2n) is 5.64. The number of rotatable bonds is 3. The molecule has 104 valence electrons. The van der Waals surface area contributed by atoms with Crippen LogP contribution in [0.3, 0.4) is 0 Å². The zero-order chi connectivity index (χ0) is 13.1. The molecule has 0 spiro atoms. The molecule has 1 saturated carbocycles. The van der Waals surface area contributed by atoms with Crippen LogP contribution in [-0.4, -0.2) is 24.2 Å². The third-order valence-corrected chi connectivity index (χ3v) is 5.56. The van der Waals surface area contributed by atoms with Crippen LogP contribution in [0.5, 0.6) is 0 Å². The summed E-state index contributed by atoms with van der Waals surface area (Å²) in [5.41, 5.74) is 2.80. The fraction of sp³-hybridized carbons (Fsp3) is 0.625. The Hall–Kier alpha value is -0.510. The minimum atomic E-state index is 0.390. The number of hydrogen-bond donors (Lipinski definition) is 1. The second kappa shape index (κ2) is 6.29. The van der Waals surface area contributed by atoms with Crippen LogP contribution in [0.2, 0.25) is 0 Å². The van der Waals surface area contributed by atoms with Crippen LogP contribution >= 0.6 is 11.8 Å². The molecule has 19 heavy (non-hydrogen) atoms. The van der Waals surface area contributed by atoms with E-state index in [-0.39, 0.29) is 0 Å². The number of ether oxygens (including phenoxy) is 1. The molecule has 1 unspecified atom stereocenters. The molecule has 1 aromatic carbocycles. The quantitative estimate of drug-likeness (QED) is 0.913. The van der Waals surface area contributed by atoms with Crippen LogP contribution in [0.4, 0.5) is 0 Å². The lowest BCUT2D eigenvalue weighted by Gasteiger charge is -2.34. The summed E-state index contributed by atoms with van der Waals surface area (Å²) in [6.45, 7) is 1.59. The molecule has 0 saturated heterocycles. The molecule has 2 nitrogen and oxygen atoms in total. The van der Waals surface area contributed by atoms with Crippen molar-refractivity contribution < 1.29 is 4.74 Å². The van der Waals surface area contributed by atoms with Crippen LogP contribution < -0.4 is 5.32 Å². The number of thioether (sulfide) groups is 1. The average Bonchev–Trinajstić information content (AvgIpc) is 2.48. The van der Waals surface area contributed by atoms with Crippen LogP contribution in [-0.2, 0) is 11.3 Å². The van der Waals surface area contributed by atoms with Crippen molar-refractivity contribution in [2.24, 2.45) is 0 Å². The van der Waals surface area contributed by atoms with Gasteiger partial charge < -0.3 is 10.1 Å². The zero-order valence-electron chi connectivity index (χ0n) is 11.6. The first-order valence-electron chi connectivity index (χ1n) is 7.31. The molecule has 1 aliphatic heterocycles. The second-order valence-corrected chi connectivity index (χ2v) is 6.78. The summed E-state index contributed by atoms with van der Waals surface area (Å²) in [4.78, 5) is 0. The molecule has 3 rings (SSSR count). The van der Waals surface area contributed by atoms with Crippen LogP contribution in [0.1, 0.15) is 42.9 Å². The maximum Gasteiger partial charge on any atom is 0.0721 e. The predicted molar refractivity (Wildman–Crippen MR) is 81.5 cm³/mol. The molecule has 1 aliphatic carbocycles. The van der Waals surface area contributed by atoms with E-state index in [4.69, 9.17) is 4.74 Å². The van der Waals surface area contributed by atoms with Gasteiger partial charge in [0.2, 0.25) is 0 Å². The van der Waals surface area contributed by atoms with Gasteiger partial charge in [0, 0.05) is 11.3 Å². The summed E-state index contributed by atoms with van der Waals surface area (Å²) < 4.78 is 5.73. The molecule has 1 fully saturated rings. The van der Waals surface area contributed by atoms with Crippen molar-refractivity contribution >= 4 is 11.8 Å². The third-order valence-electron chi connectivity index (χ3n) is 4.42. The van der Waals surface area contributed by atoms with Crippen molar-refractivity contribution in [1.82, 2.24) is 5.32 Å². The monoisotopic (exact) mass is 277 g/mol. The molecule has 0 aromatic heterocycles. The lowest BCUT2D eigenvalue weighted by atomic mass is 9.92. The molecule has 1 aromatic rings. The van der Waals surface area contributed by atoms with Gasteiger partial charge in [0.25, 0.3) is 0 Å². The Balaban J connectivity index is 1.62. The standard InChI is InChI=1S/C16H23NOS/c1-19-14-8-6-13(7-9-14)17-16-11-18-10-12-4-2-3-5-15(12)16/h2-5,13-14,16-17H,6-11H2,1H3. The molecular formula is C16H23NOS. The van der Waals surface area contributed by atoms with Gasteiger partial charge in [-0.2, -0.15) is 11.8 Å². The highest BCUT2D eigenvalue weighted by Gasteiger charge is 2.26. The van der Waals surface area contributed by atoms with Gasteiger partial charge in [0.1, 0.15) is 0 Å². The molecule has 1 heterocycles. The molecule has 3 heteroatoms. The van der Waals surface area contributed by atoms with Gasteiger partial charge in [0.15, 0.2) is 0 Å². The summed E-state index contributed by atoms with van der Waals surface area (Å²) >= 11 is 2.03. The Morgan fingerprint density at radius 3 is 2.74 bits per heavy atom. The van der Waals surface area contributed by atoms with E-state index < -0.39 is 0 Å². The first-order valence-corrected chi connectivity index (χ1v) is 8.60. The Labute approximate surface area is 120 Å². The number of benzene rings is 1. The lowest BCUT2D eigenvalue weighted by molar-refractivity contribution is 0.0765. The third kappa shape index (κ3) is 3.15. The molecule has 2 aliphatic rings. The molecule has 0 amide bonds.